The number of rotatable bonds is 6. The lowest BCUT2D eigenvalue weighted by atomic mass is 9.87. The highest BCUT2D eigenvalue weighted by Crippen LogP contribution is 2.25. The number of hydrogen-bond acceptors (Lipinski definition) is 5. The van der Waals surface area contributed by atoms with Crippen molar-refractivity contribution in [3.8, 4) is 0 Å². The minimum atomic E-state index is -0.0948. The van der Waals surface area contributed by atoms with Crippen LogP contribution in [0.4, 0.5) is 0 Å². The van der Waals surface area contributed by atoms with Crippen LogP contribution in [0.15, 0.2) is 5.38 Å². The van der Waals surface area contributed by atoms with Crippen molar-refractivity contribution in [2.75, 3.05) is 19.7 Å². The summed E-state index contributed by atoms with van der Waals surface area (Å²) in [6.45, 7) is 6.39. The minimum Gasteiger partial charge on any atom is -0.378 e. The van der Waals surface area contributed by atoms with E-state index in [1.54, 1.807) is 5.38 Å². The molecule has 0 aromatic carbocycles. The lowest BCUT2D eigenvalue weighted by Gasteiger charge is -2.34. The first-order chi connectivity index (χ1) is 10.1. The fraction of sp³-hybridized carbons (Fsp3) is 0.733. The largest absolute Gasteiger partial charge is 0.378 e. The molecule has 1 saturated heterocycles. The third-order valence-corrected chi connectivity index (χ3v) is 4.73. The van der Waals surface area contributed by atoms with Gasteiger partial charge in [-0.3, -0.25) is 4.79 Å². The molecular formula is C15H26ClN3O2S. The Labute approximate surface area is 142 Å². The van der Waals surface area contributed by atoms with Crippen molar-refractivity contribution in [2.24, 2.45) is 17.6 Å². The molecule has 2 rings (SSSR count). The highest BCUT2D eigenvalue weighted by Gasteiger charge is 2.28. The molecule has 5 nitrogen and oxygen atoms in total. The van der Waals surface area contributed by atoms with Crippen molar-refractivity contribution in [1.82, 2.24) is 10.3 Å². The molecule has 1 aliphatic heterocycles. The summed E-state index contributed by atoms with van der Waals surface area (Å²) in [4.78, 5) is 16.5. The Morgan fingerprint density at radius 3 is 3.05 bits per heavy atom. The zero-order chi connectivity index (χ0) is 15.2. The summed E-state index contributed by atoms with van der Waals surface area (Å²) < 4.78 is 5.85. The number of carbonyl (C=O) groups is 1. The summed E-state index contributed by atoms with van der Waals surface area (Å²) >= 11 is 1.49. The first kappa shape index (κ1) is 19.4. The van der Waals surface area contributed by atoms with Gasteiger partial charge in [-0.05, 0) is 25.3 Å². The van der Waals surface area contributed by atoms with Gasteiger partial charge >= 0.3 is 0 Å². The average molecular weight is 348 g/mol. The number of aromatic nitrogens is 1. The third-order valence-electron chi connectivity index (χ3n) is 3.82. The van der Waals surface area contributed by atoms with Gasteiger partial charge in [0, 0.05) is 30.9 Å². The molecule has 0 radical (unpaired) electrons. The fourth-order valence-corrected chi connectivity index (χ4v) is 3.58. The van der Waals surface area contributed by atoms with E-state index in [9.17, 15) is 4.79 Å². The lowest BCUT2D eigenvalue weighted by Crippen LogP contribution is -2.41. The van der Waals surface area contributed by atoms with E-state index in [0.29, 0.717) is 30.6 Å². The molecule has 1 fully saturated rings. The van der Waals surface area contributed by atoms with E-state index in [4.69, 9.17) is 10.5 Å². The minimum absolute atomic E-state index is 0. The lowest BCUT2D eigenvalue weighted by molar-refractivity contribution is -0.0510. The van der Waals surface area contributed by atoms with Gasteiger partial charge in [0.2, 0.25) is 0 Å². The van der Waals surface area contributed by atoms with Crippen molar-refractivity contribution in [2.45, 2.75) is 39.2 Å². The summed E-state index contributed by atoms with van der Waals surface area (Å²) in [5.74, 6) is 0.773. The molecule has 126 valence electrons. The van der Waals surface area contributed by atoms with Gasteiger partial charge in [0.05, 0.1) is 11.1 Å². The van der Waals surface area contributed by atoms with Crippen LogP contribution in [0.1, 0.15) is 42.2 Å². The Hall–Kier alpha value is -0.690. The number of nitrogens with zero attached hydrogens (tertiary/aromatic N) is 1. The van der Waals surface area contributed by atoms with Gasteiger partial charge in [-0.2, -0.15) is 0 Å². The van der Waals surface area contributed by atoms with Crippen molar-refractivity contribution in [1.29, 1.82) is 0 Å². The number of thiazole rings is 1. The predicted octanol–water partition coefficient (Wildman–Crippen LogP) is 2.25. The Kier molecular flexibility index (Phi) is 8.31. The Bertz CT molecular complexity index is 467. The van der Waals surface area contributed by atoms with Crippen molar-refractivity contribution in [3.05, 3.63) is 16.1 Å². The summed E-state index contributed by atoms with van der Waals surface area (Å²) in [6, 6.07) is 0. The number of nitrogens with two attached hydrogens (primary N) is 1. The topological polar surface area (TPSA) is 77.2 Å². The molecule has 3 N–H and O–H groups in total. The van der Waals surface area contributed by atoms with E-state index in [0.717, 1.165) is 30.9 Å². The normalized spacial score (nSPS) is 21.5. The van der Waals surface area contributed by atoms with Gasteiger partial charge in [0.1, 0.15) is 5.69 Å². The molecular weight excluding hydrogens is 322 g/mol. The molecule has 7 heteroatoms. The first-order valence-corrected chi connectivity index (χ1v) is 8.54. The highest BCUT2D eigenvalue weighted by atomic mass is 35.5. The van der Waals surface area contributed by atoms with Gasteiger partial charge in [-0.15, -0.1) is 23.7 Å². The van der Waals surface area contributed by atoms with Gasteiger partial charge in [-0.1, -0.05) is 13.8 Å². The van der Waals surface area contributed by atoms with Crippen LogP contribution in [0, 0.1) is 11.8 Å². The van der Waals surface area contributed by atoms with Gasteiger partial charge in [0.15, 0.2) is 0 Å². The molecule has 2 unspecified atom stereocenters. The van der Waals surface area contributed by atoms with Crippen molar-refractivity contribution in [3.63, 3.8) is 0 Å². The van der Waals surface area contributed by atoms with E-state index in [1.165, 1.54) is 11.3 Å². The number of hydrogen-bond donors (Lipinski definition) is 2. The second kappa shape index (κ2) is 9.45. The fourth-order valence-electron chi connectivity index (χ4n) is 2.79. The van der Waals surface area contributed by atoms with Crippen LogP contribution in [0.2, 0.25) is 0 Å². The molecule has 1 aromatic rings. The number of carbonyl (C=O) groups excluding carboxylic acids is 1. The standard InChI is InChI=1S/C15H25N3O2S.ClH/c1-10(2)14-11(4-3-7-20-14)8-17-15(19)12-9-21-13(18-12)5-6-16;/h9-11,14H,3-8,16H2,1-2H3,(H,17,19);1H. The second-order valence-electron chi connectivity index (χ2n) is 5.86. The van der Waals surface area contributed by atoms with E-state index >= 15 is 0 Å². The number of ether oxygens (including phenoxy) is 1. The molecule has 1 aliphatic rings. The quantitative estimate of drug-likeness (QED) is 0.827. The zero-order valence-corrected chi connectivity index (χ0v) is 14.8. The Morgan fingerprint density at radius 2 is 2.36 bits per heavy atom. The molecule has 0 saturated carbocycles. The first-order valence-electron chi connectivity index (χ1n) is 7.66. The summed E-state index contributed by atoms with van der Waals surface area (Å²) in [5, 5.41) is 5.73. The molecule has 22 heavy (non-hydrogen) atoms. The van der Waals surface area contributed by atoms with E-state index < -0.39 is 0 Å². The monoisotopic (exact) mass is 347 g/mol. The third kappa shape index (κ3) is 5.19. The molecule has 0 spiro atoms. The maximum Gasteiger partial charge on any atom is 0.270 e. The van der Waals surface area contributed by atoms with Crippen LogP contribution in [0.25, 0.3) is 0 Å². The Balaban J connectivity index is 0.00000242. The molecule has 2 heterocycles. The van der Waals surface area contributed by atoms with Crippen molar-refractivity contribution < 1.29 is 9.53 Å². The van der Waals surface area contributed by atoms with Gasteiger partial charge in [-0.25, -0.2) is 4.98 Å². The average Bonchev–Trinajstić information content (AvgIpc) is 2.94. The molecule has 0 bridgehead atoms. The molecule has 2 atom stereocenters. The molecule has 1 aromatic heterocycles. The van der Waals surface area contributed by atoms with Gasteiger partial charge in [0.25, 0.3) is 5.91 Å². The number of amides is 1. The Morgan fingerprint density at radius 1 is 1.59 bits per heavy atom. The predicted molar refractivity (Wildman–Crippen MR) is 91.8 cm³/mol. The van der Waals surface area contributed by atoms with Crippen LogP contribution >= 0.6 is 23.7 Å². The summed E-state index contributed by atoms with van der Waals surface area (Å²) in [6.07, 6.45) is 3.14. The van der Waals surface area contributed by atoms with Crippen LogP contribution in [-0.4, -0.2) is 36.7 Å². The summed E-state index contributed by atoms with van der Waals surface area (Å²) in [7, 11) is 0. The van der Waals surface area contributed by atoms with Crippen LogP contribution in [0.3, 0.4) is 0 Å². The second-order valence-corrected chi connectivity index (χ2v) is 6.80. The van der Waals surface area contributed by atoms with E-state index in [2.05, 4.69) is 24.1 Å². The van der Waals surface area contributed by atoms with Crippen LogP contribution in [-0.2, 0) is 11.2 Å². The maximum absolute atomic E-state index is 12.1. The SMILES string of the molecule is CC(C)C1OCCCC1CNC(=O)c1csc(CCN)n1.Cl. The smallest absolute Gasteiger partial charge is 0.270 e. The van der Waals surface area contributed by atoms with Crippen LogP contribution in [0.5, 0.6) is 0 Å². The molecule has 0 aliphatic carbocycles. The molecule has 1 amide bonds. The van der Waals surface area contributed by atoms with Crippen molar-refractivity contribution >= 4 is 29.7 Å². The van der Waals surface area contributed by atoms with E-state index in [1.807, 2.05) is 0 Å². The summed E-state index contributed by atoms with van der Waals surface area (Å²) in [5.41, 5.74) is 6.00. The van der Waals surface area contributed by atoms with E-state index in [-0.39, 0.29) is 24.4 Å². The maximum atomic E-state index is 12.1. The number of halogens is 1. The number of nitrogens with one attached hydrogen (secondary N) is 1. The van der Waals surface area contributed by atoms with Gasteiger partial charge < -0.3 is 15.8 Å². The highest BCUT2D eigenvalue weighted by molar-refractivity contribution is 7.09. The zero-order valence-electron chi connectivity index (χ0n) is 13.2. The van der Waals surface area contributed by atoms with Crippen LogP contribution < -0.4 is 11.1 Å².